The first-order valence-corrected chi connectivity index (χ1v) is 11.5. The van der Waals surface area contributed by atoms with Crippen LogP contribution in [0.5, 0.6) is 0 Å². The first-order valence-electron chi connectivity index (χ1n) is 9.09. The Morgan fingerprint density at radius 3 is 1.68 bits per heavy atom. The molecule has 4 rings (SSSR count). The van der Waals surface area contributed by atoms with Crippen LogP contribution in [-0.2, 0) is 14.3 Å². The quantitative estimate of drug-likeness (QED) is 0.373. The van der Waals surface area contributed by atoms with Crippen molar-refractivity contribution in [1.29, 1.82) is 0 Å². The Hall–Kier alpha value is -2.30. The highest BCUT2D eigenvalue weighted by molar-refractivity contribution is 7.22. The number of halogens is 2. The minimum atomic E-state index is -0.402. The molecule has 0 aliphatic rings. The normalized spacial score (nSPS) is 11.2. The molecule has 0 unspecified atom stereocenters. The Morgan fingerprint density at radius 2 is 1.26 bits per heavy atom. The predicted molar refractivity (Wildman–Crippen MR) is 127 cm³/mol. The van der Waals surface area contributed by atoms with Crippen LogP contribution >= 0.6 is 45.9 Å². The number of amides is 2. The van der Waals surface area contributed by atoms with Crippen LogP contribution in [0.25, 0.3) is 20.4 Å². The van der Waals surface area contributed by atoms with Gasteiger partial charge in [-0.2, -0.15) is 0 Å². The second-order valence-corrected chi connectivity index (χ2v) is 9.70. The van der Waals surface area contributed by atoms with Gasteiger partial charge in [-0.3, -0.25) is 20.2 Å². The highest BCUT2D eigenvalue weighted by Crippen LogP contribution is 2.32. The third-order valence-corrected chi connectivity index (χ3v) is 6.53. The number of ether oxygens (including phenoxy) is 1. The molecular weight excluding hydrogens is 479 g/mol. The molecule has 2 amide bonds. The van der Waals surface area contributed by atoms with E-state index in [0.29, 0.717) is 20.3 Å². The Bertz CT molecular complexity index is 1220. The van der Waals surface area contributed by atoms with Gasteiger partial charge in [-0.1, -0.05) is 45.9 Å². The summed E-state index contributed by atoms with van der Waals surface area (Å²) in [6.07, 6.45) is 0. The van der Waals surface area contributed by atoms with Crippen LogP contribution in [0, 0.1) is 13.8 Å². The first-order chi connectivity index (χ1) is 14.8. The number of fused-ring (bicyclic) bond motifs is 2. The molecule has 4 aromatic rings. The van der Waals surface area contributed by atoms with Gasteiger partial charge < -0.3 is 4.74 Å². The summed E-state index contributed by atoms with van der Waals surface area (Å²) in [5, 5.41) is 7.48. The molecule has 0 saturated heterocycles. The van der Waals surface area contributed by atoms with E-state index in [0.717, 1.165) is 31.6 Å². The molecule has 2 heterocycles. The summed E-state index contributed by atoms with van der Waals surface area (Å²) in [6.45, 7) is 3.25. The van der Waals surface area contributed by atoms with E-state index in [1.165, 1.54) is 22.7 Å². The number of benzene rings is 2. The van der Waals surface area contributed by atoms with Crippen molar-refractivity contribution in [2.75, 3.05) is 23.8 Å². The average Bonchev–Trinajstić information content (AvgIpc) is 3.25. The maximum absolute atomic E-state index is 12.1. The number of carbonyl (C=O) groups excluding carboxylic acids is 2. The lowest BCUT2D eigenvalue weighted by Gasteiger charge is -2.04. The molecule has 2 aromatic heterocycles. The second kappa shape index (κ2) is 9.05. The Kier molecular flexibility index (Phi) is 6.40. The number of nitrogens with one attached hydrogen (secondary N) is 2. The monoisotopic (exact) mass is 494 g/mol. The van der Waals surface area contributed by atoms with Crippen LogP contribution in [-0.4, -0.2) is 35.0 Å². The Balaban J connectivity index is 1.29. The van der Waals surface area contributed by atoms with Gasteiger partial charge in [-0.15, -0.1) is 0 Å². The standard InChI is InChI=1S/C20H16Cl2N4O3S2/c1-9-3-11(21)5-13-17(9)25-19(30-13)23-15(27)7-29-8-16(28)24-20-26-18-10(2)4-12(22)6-14(18)31-20/h3-6H,7-8H2,1-2H3,(H,23,25,27)(H,24,26,28). The van der Waals surface area contributed by atoms with E-state index in [9.17, 15) is 9.59 Å². The molecule has 0 fully saturated rings. The molecule has 0 atom stereocenters. The van der Waals surface area contributed by atoms with Gasteiger partial charge in [0.1, 0.15) is 13.2 Å². The summed E-state index contributed by atoms with van der Waals surface area (Å²) >= 11 is 14.8. The lowest BCUT2D eigenvalue weighted by Crippen LogP contribution is -2.23. The van der Waals surface area contributed by atoms with Crippen molar-refractivity contribution in [2.45, 2.75) is 13.8 Å². The fraction of sp³-hybridized carbons (Fsp3) is 0.200. The number of anilines is 2. The van der Waals surface area contributed by atoms with Gasteiger partial charge in [-0.05, 0) is 49.2 Å². The van der Waals surface area contributed by atoms with Crippen molar-refractivity contribution in [2.24, 2.45) is 0 Å². The number of rotatable bonds is 6. The third kappa shape index (κ3) is 5.13. The van der Waals surface area contributed by atoms with Crippen molar-refractivity contribution in [3.05, 3.63) is 45.4 Å². The zero-order chi connectivity index (χ0) is 22.1. The first kappa shape index (κ1) is 21.9. The molecule has 2 N–H and O–H groups in total. The minimum Gasteiger partial charge on any atom is -0.362 e. The minimum absolute atomic E-state index is 0.280. The fourth-order valence-corrected chi connectivity index (χ4v) is 5.64. The summed E-state index contributed by atoms with van der Waals surface area (Å²) in [4.78, 5) is 33.0. The van der Waals surface area contributed by atoms with E-state index in [2.05, 4.69) is 20.6 Å². The molecule has 0 saturated carbocycles. The van der Waals surface area contributed by atoms with Gasteiger partial charge in [0.15, 0.2) is 10.3 Å². The van der Waals surface area contributed by atoms with Crippen LogP contribution in [0.1, 0.15) is 11.1 Å². The van der Waals surface area contributed by atoms with E-state index >= 15 is 0 Å². The highest BCUT2D eigenvalue weighted by Gasteiger charge is 2.13. The molecule has 2 aromatic carbocycles. The average molecular weight is 495 g/mol. The van der Waals surface area contributed by atoms with Crippen molar-refractivity contribution >= 4 is 88.4 Å². The largest absolute Gasteiger partial charge is 0.362 e. The lowest BCUT2D eigenvalue weighted by molar-refractivity contribution is -0.125. The molecule has 7 nitrogen and oxygen atoms in total. The summed E-state index contributed by atoms with van der Waals surface area (Å²) in [7, 11) is 0. The van der Waals surface area contributed by atoms with Crippen LogP contribution in [0.15, 0.2) is 24.3 Å². The molecule has 0 aliphatic heterocycles. The number of nitrogens with zero attached hydrogens (tertiary/aromatic N) is 2. The van der Waals surface area contributed by atoms with Crippen molar-refractivity contribution in [3.63, 3.8) is 0 Å². The fourth-order valence-electron chi connectivity index (χ4n) is 2.96. The molecule has 31 heavy (non-hydrogen) atoms. The molecule has 0 radical (unpaired) electrons. The lowest BCUT2D eigenvalue weighted by atomic mass is 10.2. The number of carbonyl (C=O) groups is 2. The van der Waals surface area contributed by atoms with E-state index in [1.807, 2.05) is 26.0 Å². The van der Waals surface area contributed by atoms with Gasteiger partial charge in [0.2, 0.25) is 0 Å². The maximum atomic E-state index is 12.1. The zero-order valence-corrected chi connectivity index (χ0v) is 19.6. The second-order valence-electron chi connectivity index (χ2n) is 6.77. The highest BCUT2D eigenvalue weighted by atomic mass is 35.5. The number of hydrogen-bond donors (Lipinski definition) is 2. The van der Waals surface area contributed by atoms with Crippen LogP contribution in [0.3, 0.4) is 0 Å². The Morgan fingerprint density at radius 1 is 0.839 bits per heavy atom. The molecule has 0 spiro atoms. The smallest absolute Gasteiger partial charge is 0.252 e. The van der Waals surface area contributed by atoms with E-state index in [1.54, 1.807) is 12.1 Å². The summed E-state index contributed by atoms with van der Waals surface area (Å²) < 4.78 is 6.99. The summed E-state index contributed by atoms with van der Waals surface area (Å²) in [5.74, 6) is -0.804. The van der Waals surface area contributed by atoms with E-state index < -0.39 is 11.8 Å². The van der Waals surface area contributed by atoms with Crippen molar-refractivity contribution in [1.82, 2.24) is 9.97 Å². The van der Waals surface area contributed by atoms with Gasteiger partial charge in [0, 0.05) is 10.0 Å². The molecule has 11 heteroatoms. The van der Waals surface area contributed by atoms with Crippen LogP contribution in [0.2, 0.25) is 10.0 Å². The van der Waals surface area contributed by atoms with Crippen molar-refractivity contribution in [3.8, 4) is 0 Å². The summed E-state index contributed by atoms with van der Waals surface area (Å²) in [6, 6.07) is 7.24. The van der Waals surface area contributed by atoms with E-state index in [-0.39, 0.29) is 13.2 Å². The zero-order valence-electron chi connectivity index (χ0n) is 16.4. The van der Waals surface area contributed by atoms with Gasteiger partial charge >= 0.3 is 0 Å². The number of aromatic nitrogens is 2. The maximum Gasteiger partial charge on any atom is 0.252 e. The van der Waals surface area contributed by atoms with Gasteiger partial charge in [-0.25, -0.2) is 9.97 Å². The molecule has 0 bridgehead atoms. The van der Waals surface area contributed by atoms with Crippen LogP contribution < -0.4 is 10.6 Å². The van der Waals surface area contributed by atoms with Crippen molar-refractivity contribution < 1.29 is 14.3 Å². The predicted octanol–water partition coefficient (Wildman–Crippen LogP) is 5.42. The topological polar surface area (TPSA) is 93.2 Å². The van der Waals surface area contributed by atoms with Gasteiger partial charge in [0.25, 0.3) is 11.8 Å². The van der Waals surface area contributed by atoms with Crippen LogP contribution in [0.4, 0.5) is 10.3 Å². The van der Waals surface area contributed by atoms with Gasteiger partial charge in [0.05, 0.1) is 20.4 Å². The molecule has 0 aliphatic carbocycles. The molecule has 160 valence electrons. The summed E-state index contributed by atoms with van der Waals surface area (Å²) in [5.41, 5.74) is 3.44. The SMILES string of the molecule is Cc1cc(Cl)cc2sc(NC(=O)COCC(=O)Nc3nc4c(C)cc(Cl)cc4s3)nc12. The Labute approximate surface area is 195 Å². The number of thiazole rings is 2. The van der Waals surface area contributed by atoms with E-state index in [4.69, 9.17) is 27.9 Å². The molecular formula is C20H16Cl2N4O3S2. The number of hydrogen-bond acceptors (Lipinski definition) is 7. The number of aryl methyl sites for hydroxylation is 2. The third-order valence-electron chi connectivity index (χ3n) is 4.26.